The maximum Gasteiger partial charge on any atom is 0.322 e. The summed E-state index contributed by atoms with van der Waals surface area (Å²) in [5.41, 5.74) is 18.4. The highest BCUT2D eigenvalue weighted by atomic mass is 32.2. The Hall–Kier alpha value is -3.78. The molecule has 0 fully saturated rings. The molecule has 0 spiro atoms. The lowest BCUT2D eigenvalue weighted by Gasteiger charge is -2.24. The molecule has 0 bridgehead atoms. The van der Waals surface area contributed by atoms with E-state index in [0.717, 1.165) is 16.5 Å². The number of guanidine groups is 1. The number of rotatable bonds is 16. The molecule has 0 aliphatic rings. The zero-order valence-electron chi connectivity index (χ0n) is 21.2. The second-order valence-corrected chi connectivity index (χ2v) is 9.62. The van der Waals surface area contributed by atoms with Crippen LogP contribution in [0.4, 0.5) is 0 Å². The third-order valence-electron chi connectivity index (χ3n) is 5.69. The van der Waals surface area contributed by atoms with Crippen LogP contribution in [0.5, 0.6) is 0 Å². The summed E-state index contributed by atoms with van der Waals surface area (Å²) in [6, 6.07) is 4.60. The number of aliphatic imine (C=N–C) groups is 1. The van der Waals surface area contributed by atoms with Crippen molar-refractivity contribution in [1.82, 2.24) is 20.9 Å². The number of nitrogens with zero attached hydrogens (tertiary/aromatic N) is 1. The summed E-state index contributed by atoms with van der Waals surface area (Å²) in [6.45, 7) is -0.403. The number of carboxylic acid groups (broad SMARTS) is 1. The third kappa shape index (κ3) is 9.94. The number of amides is 3. The van der Waals surface area contributed by atoms with E-state index in [9.17, 15) is 19.2 Å². The Labute approximate surface area is 224 Å². The average Bonchev–Trinajstić information content (AvgIpc) is 3.29. The molecular weight excluding hydrogens is 512 g/mol. The number of carbonyl (C=O) groups is 4. The van der Waals surface area contributed by atoms with E-state index in [1.807, 2.05) is 30.5 Å². The second-order valence-electron chi connectivity index (χ2n) is 8.63. The lowest BCUT2D eigenvalue weighted by molar-refractivity contribution is -0.138. The van der Waals surface area contributed by atoms with Crippen molar-refractivity contribution in [1.29, 1.82) is 0 Å². The lowest BCUT2D eigenvalue weighted by atomic mass is 10.0. The Morgan fingerprint density at radius 1 is 1.05 bits per heavy atom. The van der Waals surface area contributed by atoms with Gasteiger partial charge in [0.15, 0.2) is 5.96 Å². The van der Waals surface area contributed by atoms with Gasteiger partial charge >= 0.3 is 5.97 Å². The molecule has 38 heavy (non-hydrogen) atoms. The Balaban J connectivity index is 2.24. The molecule has 0 aliphatic heterocycles. The lowest BCUT2D eigenvalue weighted by Crippen LogP contribution is -2.56. The monoisotopic (exact) mass is 548 g/mol. The minimum Gasteiger partial charge on any atom is -0.480 e. The molecule has 1 aromatic heterocycles. The molecule has 3 amide bonds. The van der Waals surface area contributed by atoms with Crippen LogP contribution < -0.4 is 33.2 Å². The molecule has 14 heteroatoms. The molecule has 208 valence electrons. The Morgan fingerprint density at radius 2 is 1.76 bits per heavy atom. The van der Waals surface area contributed by atoms with E-state index in [0.29, 0.717) is 18.6 Å². The van der Waals surface area contributed by atoms with Gasteiger partial charge in [0, 0.05) is 30.1 Å². The number of carboxylic acids is 1. The molecule has 2 rings (SSSR count). The first kappa shape index (κ1) is 30.4. The molecule has 2 aromatic rings. The van der Waals surface area contributed by atoms with Crippen molar-refractivity contribution in [3.8, 4) is 0 Å². The molecule has 1 aromatic carbocycles. The van der Waals surface area contributed by atoms with Crippen LogP contribution in [0.2, 0.25) is 0 Å². The SMILES string of the molecule is CSCCC(N)C(=O)NC(Cc1c[nH]c2ccccc12)C(=O)NC(CCCN=C(N)N)C(=O)NCC(=O)O. The van der Waals surface area contributed by atoms with Crippen molar-refractivity contribution in [2.45, 2.75) is 43.8 Å². The van der Waals surface area contributed by atoms with Gasteiger partial charge in [0.2, 0.25) is 17.7 Å². The van der Waals surface area contributed by atoms with Gasteiger partial charge in [0.25, 0.3) is 0 Å². The standard InChI is InChI=1S/C24H36N8O5S/c1-38-10-8-16(25)21(35)32-19(11-14-12-29-17-6-3-2-5-15(14)17)23(37)31-18(7-4-9-28-24(26)27)22(36)30-13-20(33)34/h2-3,5-6,12,16,18-19,29H,4,7-11,13,25H2,1H3,(H,30,36)(H,31,37)(H,32,35)(H,33,34)(H4,26,27,28). The maximum atomic E-state index is 13.4. The fraction of sp³-hybridized carbons (Fsp3) is 0.458. The average molecular weight is 549 g/mol. The highest BCUT2D eigenvalue weighted by molar-refractivity contribution is 7.98. The van der Waals surface area contributed by atoms with Crippen molar-refractivity contribution < 1.29 is 24.3 Å². The molecule has 0 saturated heterocycles. The molecule has 3 unspecified atom stereocenters. The number of hydrogen-bond donors (Lipinski definition) is 8. The topological polar surface area (TPSA) is 231 Å². The van der Waals surface area contributed by atoms with Crippen LogP contribution in [-0.4, -0.2) is 83.0 Å². The summed E-state index contributed by atoms with van der Waals surface area (Å²) in [6.07, 6.45) is 4.70. The predicted octanol–water partition coefficient (Wildman–Crippen LogP) is -0.985. The molecule has 0 radical (unpaired) electrons. The van der Waals surface area contributed by atoms with Crippen LogP contribution in [0, 0.1) is 0 Å². The molecule has 13 nitrogen and oxygen atoms in total. The first-order valence-electron chi connectivity index (χ1n) is 12.1. The number of H-pyrrole nitrogens is 1. The predicted molar refractivity (Wildman–Crippen MR) is 147 cm³/mol. The third-order valence-corrected chi connectivity index (χ3v) is 6.34. The summed E-state index contributed by atoms with van der Waals surface area (Å²) >= 11 is 1.55. The Kier molecular flexibility index (Phi) is 12.4. The molecule has 0 aliphatic carbocycles. The largest absolute Gasteiger partial charge is 0.480 e. The summed E-state index contributed by atoms with van der Waals surface area (Å²) in [7, 11) is 0. The van der Waals surface area contributed by atoms with Crippen molar-refractivity contribution in [2.75, 3.05) is 25.1 Å². The number of aromatic nitrogens is 1. The number of fused-ring (bicyclic) bond motifs is 1. The van der Waals surface area contributed by atoms with Gasteiger partial charge in [-0.05, 0) is 42.9 Å². The van der Waals surface area contributed by atoms with Crippen LogP contribution in [0.15, 0.2) is 35.5 Å². The normalized spacial score (nSPS) is 13.2. The van der Waals surface area contributed by atoms with Crippen molar-refractivity contribution >= 4 is 52.3 Å². The number of carbonyl (C=O) groups excluding carboxylic acids is 3. The summed E-state index contributed by atoms with van der Waals surface area (Å²) in [5.74, 6) is -2.45. The zero-order valence-corrected chi connectivity index (χ0v) is 22.1. The van der Waals surface area contributed by atoms with E-state index in [1.165, 1.54) is 0 Å². The van der Waals surface area contributed by atoms with Crippen LogP contribution in [0.1, 0.15) is 24.8 Å². The summed E-state index contributed by atoms with van der Waals surface area (Å²) < 4.78 is 0. The van der Waals surface area contributed by atoms with E-state index < -0.39 is 48.4 Å². The van der Waals surface area contributed by atoms with Gasteiger partial charge in [0.05, 0.1) is 6.04 Å². The number of benzene rings is 1. The number of para-hydroxylation sites is 1. The van der Waals surface area contributed by atoms with Crippen LogP contribution in [0.25, 0.3) is 10.9 Å². The number of hydrogen-bond acceptors (Lipinski definition) is 7. The minimum absolute atomic E-state index is 0.111. The Bertz CT molecular complexity index is 1130. The van der Waals surface area contributed by atoms with E-state index in [2.05, 4.69) is 25.9 Å². The first-order valence-corrected chi connectivity index (χ1v) is 13.5. The van der Waals surface area contributed by atoms with E-state index in [-0.39, 0.29) is 25.3 Å². The van der Waals surface area contributed by atoms with Gasteiger partial charge in [-0.15, -0.1) is 0 Å². The minimum atomic E-state index is -1.23. The summed E-state index contributed by atoms with van der Waals surface area (Å²) in [5, 5.41) is 17.5. The molecular formula is C24H36N8O5S. The van der Waals surface area contributed by atoms with Gasteiger partial charge < -0.3 is 43.2 Å². The zero-order chi connectivity index (χ0) is 28.1. The van der Waals surface area contributed by atoms with Gasteiger partial charge in [-0.3, -0.25) is 24.2 Å². The highest BCUT2D eigenvalue weighted by Crippen LogP contribution is 2.19. The van der Waals surface area contributed by atoms with E-state index in [1.54, 1.807) is 18.0 Å². The number of thioether (sulfide) groups is 1. The van der Waals surface area contributed by atoms with Gasteiger partial charge in [-0.1, -0.05) is 18.2 Å². The fourth-order valence-corrected chi connectivity index (χ4v) is 4.20. The van der Waals surface area contributed by atoms with Gasteiger partial charge in [0.1, 0.15) is 18.6 Å². The van der Waals surface area contributed by atoms with Crippen LogP contribution >= 0.6 is 11.8 Å². The quantitative estimate of drug-likeness (QED) is 0.0730. The highest BCUT2D eigenvalue weighted by Gasteiger charge is 2.29. The second kappa shape index (κ2) is 15.5. The number of aliphatic carboxylic acids is 1. The number of nitrogens with one attached hydrogen (secondary N) is 4. The number of aromatic amines is 1. The summed E-state index contributed by atoms with van der Waals surface area (Å²) in [4.78, 5) is 56.9. The van der Waals surface area contributed by atoms with Crippen molar-refractivity contribution in [3.05, 3.63) is 36.0 Å². The van der Waals surface area contributed by atoms with Crippen LogP contribution in [0.3, 0.4) is 0 Å². The van der Waals surface area contributed by atoms with Gasteiger partial charge in [-0.2, -0.15) is 11.8 Å². The van der Waals surface area contributed by atoms with Crippen LogP contribution in [-0.2, 0) is 25.6 Å². The fourth-order valence-electron chi connectivity index (χ4n) is 3.71. The van der Waals surface area contributed by atoms with Crippen molar-refractivity contribution in [2.24, 2.45) is 22.2 Å². The number of nitrogens with two attached hydrogens (primary N) is 3. The van der Waals surface area contributed by atoms with E-state index >= 15 is 0 Å². The molecule has 3 atom stereocenters. The molecule has 1 heterocycles. The smallest absolute Gasteiger partial charge is 0.322 e. The first-order chi connectivity index (χ1) is 18.1. The molecule has 11 N–H and O–H groups in total. The molecule has 0 saturated carbocycles. The Morgan fingerprint density at radius 3 is 2.45 bits per heavy atom. The maximum absolute atomic E-state index is 13.4. The van der Waals surface area contributed by atoms with Gasteiger partial charge in [-0.25, -0.2) is 0 Å². The van der Waals surface area contributed by atoms with E-state index in [4.69, 9.17) is 22.3 Å². The van der Waals surface area contributed by atoms with Crippen molar-refractivity contribution in [3.63, 3.8) is 0 Å².